The van der Waals surface area contributed by atoms with E-state index in [2.05, 4.69) is 46.7 Å². The molecule has 2 amide bonds. The van der Waals surface area contributed by atoms with Gasteiger partial charge in [0.15, 0.2) is 4.34 Å². The van der Waals surface area contributed by atoms with E-state index in [0.717, 1.165) is 21.3 Å². The quantitative estimate of drug-likeness (QED) is 0.455. The first-order chi connectivity index (χ1) is 14.5. The third-order valence-corrected chi connectivity index (χ3v) is 7.00. The summed E-state index contributed by atoms with van der Waals surface area (Å²) in [5.74, 6) is 0.173. The van der Waals surface area contributed by atoms with Crippen LogP contribution in [0.5, 0.6) is 0 Å². The van der Waals surface area contributed by atoms with Crippen LogP contribution in [0.4, 0.5) is 10.8 Å². The number of anilines is 2. The van der Waals surface area contributed by atoms with Gasteiger partial charge in [0.2, 0.25) is 16.9 Å². The van der Waals surface area contributed by atoms with Gasteiger partial charge >= 0.3 is 0 Å². The highest BCUT2D eigenvalue weighted by atomic mass is 32.2. The highest BCUT2D eigenvalue weighted by Gasteiger charge is 2.35. The second-order valence-corrected chi connectivity index (χ2v) is 9.58. The van der Waals surface area contributed by atoms with Gasteiger partial charge in [-0.05, 0) is 31.5 Å². The van der Waals surface area contributed by atoms with E-state index in [1.165, 1.54) is 22.5 Å². The van der Waals surface area contributed by atoms with Crippen molar-refractivity contribution in [1.82, 2.24) is 10.2 Å². The number of aryl methyl sites for hydroxylation is 2. The van der Waals surface area contributed by atoms with E-state index in [9.17, 15) is 9.59 Å². The van der Waals surface area contributed by atoms with Crippen LogP contribution in [-0.4, -0.2) is 28.6 Å². The third kappa shape index (κ3) is 4.88. The number of aromatic nitrogens is 2. The summed E-state index contributed by atoms with van der Waals surface area (Å²) in [6.45, 7) is 4.44. The highest BCUT2D eigenvalue weighted by molar-refractivity contribution is 8.00. The standard InChI is InChI=1S/C22H22N4O2S2/c1-14-3-7-16(8-4-14)13-29-22-25-24-21(30-22)23-20(28)17-11-19(27)26(12-17)18-9-5-15(2)6-10-18/h3-10,17H,11-13H2,1-2H3,(H,23,24,28). The van der Waals surface area contributed by atoms with Gasteiger partial charge in [-0.15, -0.1) is 10.2 Å². The van der Waals surface area contributed by atoms with Crippen molar-refractivity contribution in [3.63, 3.8) is 0 Å². The monoisotopic (exact) mass is 438 g/mol. The molecule has 1 aliphatic rings. The molecule has 0 saturated carbocycles. The van der Waals surface area contributed by atoms with E-state index in [-0.39, 0.29) is 18.2 Å². The van der Waals surface area contributed by atoms with Crippen molar-refractivity contribution in [2.45, 2.75) is 30.4 Å². The van der Waals surface area contributed by atoms with Gasteiger partial charge in [-0.1, -0.05) is 70.6 Å². The van der Waals surface area contributed by atoms with Gasteiger partial charge in [0.05, 0.1) is 5.92 Å². The van der Waals surface area contributed by atoms with E-state index in [4.69, 9.17) is 0 Å². The molecule has 0 bridgehead atoms. The Morgan fingerprint density at radius 2 is 1.77 bits per heavy atom. The zero-order valence-electron chi connectivity index (χ0n) is 16.8. The summed E-state index contributed by atoms with van der Waals surface area (Å²) in [6.07, 6.45) is 0.202. The molecule has 1 unspecified atom stereocenters. The lowest BCUT2D eigenvalue weighted by atomic mass is 10.1. The molecule has 2 aromatic carbocycles. The molecule has 6 nitrogen and oxygen atoms in total. The van der Waals surface area contributed by atoms with Crippen LogP contribution in [0.25, 0.3) is 0 Å². The summed E-state index contributed by atoms with van der Waals surface area (Å²) in [4.78, 5) is 26.7. The topological polar surface area (TPSA) is 75.2 Å². The molecule has 8 heteroatoms. The maximum absolute atomic E-state index is 12.7. The van der Waals surface area contributed by atoms with Gasteiger partial charge < -0.3 is 10.2 Å². The molecule has 0 spiro atoms. The second kappa shape index (κ2) is 8.97. The molecule has 1 N–H and O–H groups in total. The van der Waals surface area contributed by atoms with Gasteiger partial charge in [-0.2, -0.15) is 0 Å². The number of amides is 2. The molecule has 3 aromatic rings. The van der Waals surface area contributed by atoms with Crippen molar-refractivity contribution in [3.05, 3.63) is 65.2 Å². The minimum absolute atomic E-state index is 0.0365. The first-order valence-electron chi connectivity index (χ1n) is 9.67. The Kier molecular flexibility index (Phi) is 6.15. The molecule has 0 radical (unpaired) electrons. The number of carbonyl (C=O) groups excluding carboxylic acids is 2. The fourth-order valence-corrected chi connectivity index (χ4v) is 4.92. The molecule has 1 fully saturated rings. The molecule has 4 rings (SSSR count). The Morgan fingerprint density at radius 3 is 2.47 bits per heavy atom. The van der Waals surface area contributed by atoms with Crippen LogP contribution in [0.1, 0.15) is 23.1 Å². The van der Waals surface area contributed by atoms with Crippen LogP contribution >= 0.6 is 23.1 Å². The Hall–Kier alpha value is -2.71. The summed E-state index contributed by atoms with van der Waals surface area (Å²) < 4.78 is 0.801. The van der Waals surface area contributed by atoms with Crippen LogP contribution in [0.15, 0.2) is 52.9 Å². The Morgan fingerprint density at radius 1 is 1.10 bits per heavy atom. The van der Waals surface area contributed by atoms with Crippen molar-refractivity contribution in [1.29, 1.82) is 0 Å². The molecule has 1 atom stereocenters. The first kappa shape index (κ1) is 20.6. The maximum atomic E-state index is 12.7. The number of nitrogens with zero attached hydrogens (tertiary/aromatic N) is 3. The van der Waals surface area contributed by atoms with Gasteiger partial charge in [0.1, 0.15) is 0 Å². The number of benzene rings is 2. The predicted molar refractivity (Wildman–Crippen MR) is 121 cm³/mol. The predicted octanol–water partition coefficient (Wildman–Crippen LogP) is 4.44. The van der Waals surface area contributed by atoms with Crippen LogP contribution in [-0.2, 0) is 15.3 Å². The summed E-state index contributed by atoms with van der Waals surface area (Å²) in [6, 6.07) is 16.1. The van der Waals surface area contributed by atoms with Crippen molar-refractivity contribution in [3.8, 4) is 0 Å². The molecule has 154 valence electrons. The number of carbonyl (C=O) groups is 2. The smallest absolute Gasteiger partial charge is 0.231 e. The Bertz CT molecular complexity index is 1050. The highest BCUT2D eigenvalue weighted by Crippen LogP contribution is 2.30. The van der Waals surface area contributed by atoms with Gasteiger partial charge in [-0.3, -0.25) is 9.59 Å². The van der Waals surface area contributed by atoms with E-state index in [1.807, 2.05) is 31.2 Å². The molecule has 30 heavy (non-hydrogen) atoms. The molecule has 2 heterocycles. The number of thioether (sulfide) groups is 1. The lowest BCUT2D eigenvalue weighted by Crippen LogP contribution is -2.28. The normalized spacial score (nSPS) is 16.1. The van der Waals surface area contributed by atoms with E-state index < -0.39 is 5.92 Å². The zero-order chi connectivity index (χ0) is 21.1. The number of hydrogen-bond donors (Lipinski definition) is 1. The Balaban J connectivity index is 1.32. The molecule has 1 aliphatic heterocycles. The summed E-state index contributed by atoms with van der Waals surface area (Å²) in [5, 5.41) is 11.5. The summed E-state index contributed by atoms with van der Waals surface area (Å²) >= 11 is 2.94. The Labute approximate surface area is 183 Å². The maximum Gasteiger partial charge on any atom is 0.231 e. The van der Waals surface area contributed by atoms with Gasteiger partial charge in [-0.25, -0.2) is 0 Å². The lowest BCUT2D eigenvalue weighted by molar-refractivity contribution is -0.122. The average Bonchev–Trinajstić information content (AvgIpc) is 3.35. The van der Waals surface area contributed by atoms with Crippen LogP contribution in [0.2, 0.25) is 0 Å². The van der Waals surface area contributed by atoms with Crippen molar-refractivity contribution in [2.24, 2.45) is 5.92 Å². The SMILES string of the molecule is Cc1ccc(CSc2nnc(NC(=O)C3CC(=O)N(c4ccc(C)cc4)C3)s2)cc1. The number of nitrogens with one attached hydrogen (secondary N) is 1. The summed E-state index contributed by atoms with van der Waals surface area (Å²) in [5.41, 5.74) is 4.40. The second-order valence-electron chi connectivity index (χ2n) is 7.38. The van der Waals surface area contributed by atoms with E-state index in [0.29, 0.717) is 11.7 Å². The largest absolute Gasteiger partial charge is 0.312 e. The van der Waals surface area contributed by atoms with E-state index in [1.54, 1.807) is 16.7 Å². The van der Waals surface area contributed by atoms with Crippen molar-refractivity contribution in [2.75, 3.05) is 16.8 Å². The number of hydrogen-bond acceptors (Lipinski definition) is 6. The molecule has 0 aliphatic carbocycles. The molecule has 1 saturated heterocycles. The van der Waals surface area contributed by atoms with Gasteiger partial charge in [0, 0.05) is 24.4 Å². The lowest BCUT2D eigenvalue weighted by Gasteiger charge is -2.16. The minimum atomic E-state index is -0.397. The van der Waals surface area contributed by atoms with Crippen molar-refractivity contribution >= 4 is 45.7 Å². The zero-order valence-corrected chi connectivity index (χ0v) is 18.4. The van der Waals surface area contributed by atoms with Crippen LogP contribution in [0.3, 0.4) is 0 Å². The molecular weight excluding hydrogens is 416 g/mol. The molecular formula is C22H22N4O2S2. The fourth-order valence-electron chi connectivity index (χ4n) is 3.21. The molecule has 1 aromatic heterocycles. The van der Waals surface area contributed by atoms with E-state index >= 15 is 0 Å². The summed E-state index contributed by atoms with van der Waals surface area (Å²) in [7, 11) is 0. The first-order valence-corrected chi connectivity index (χ1v) is 11.5. The minimum Gasteiger partial charge on any atom is -0.312 e. The average molecular weight is 439 g/mol. The van der Waals surface area contributed by atoms with Crippen LogP contribution < -0.4 is 10.2 Å². The van der Waals surface area contributed by atoms with Crippen LogP contribution in [0, 0.1) is 19.8 Å². The van der Waals surface area contributed by atoms with Gasteiger partial charge in [0.25, 0.3) is 0 Å². The third-order valence-electron chi connectivity index (χ3n) is 4.96. The number of rotatable bonds is 6. The fraction of sp³-hybridized carbons (Fsp3) is 0.273. The van der Waals surface area contributed by atoms with Crippen molar-refractivity contribution < 1.29 is 9.59 Å².